The number of carbonyl (C=O) groups is 1. The number of rotatable bonds is 5. The highest BCUT2D eigenvalue weighted by molar-refractivity contribution is 5.88. The molecule has 1 N–H and O–H groups in total. The van der Waals surface area contributed by atoms with Crippen LogP contribution in [0.2, 0.25) is 0 Å². The molecule has 0 aromatic carbocycles. The van der Waals surface area contributed by atoms with Crippen LogP contribution in [0.25, 0.3) is 0 Å². The summed E-state index contributed by atoms with van der Waals surface area (Å²) in [7, 11) is 0. The minimum absolute atomic E-state index is 0.0911. The standard InChI is InChI=1S/C14H25NO/c1-4-5-7-12-8-6-9-13(12)15-14(16)10-11(2)3/h10,12-13H,4-9H2,1-3H3,(H,15,16)/t12-,13-/m0/s1. The maximum atomic E-state index is 11.6. The quantitative estimate of drug-likeness (QED) is 0.711. The maximum absolute atomic E-state index is 11.6. The van der Waals surface area contributed by atoms with E-state index in [1.165, 1.54) is 32.1 Å². The van der Waals surface area contributed by atoms with E-state index in [0.29, 0.717) is 6.04 Å². The molecular weight excluding hydrogens is 198 g/mol. The van der Waals surface area contributed by atoms with Gasteiger partial charge in [-0.1, -0.05) is 31.8 Å². The SMILES string of the molecule is CCCC[C@H]1CCC[C@@H]1NC(=O)C=C(C)C. The first kappa shape index (κ1) is 13.3. The summed E-state index contributed by atoms with van der Waals surface area (Å²) in [5, 5.41) is 3.15. The van der Waals surface area contributed by atoms with Crippen LogP contribution in [0.4, 0.5) is 0 Å². The van der Waals surface area contributed by atoms with Crippen molar-refractivity contribution in [3.63, 3.8) is 0 Å². The van der Waals surface area contributed by atoms with E-state index in [2.05, 4.69) is 12.2 Å². The highest BCUT2D eigenvalue weighted by Crippen LogP contribution is 2.29. The molecule has 1 aliphatic rings. The van der Waals surface area contributed by atoms with Gasteiger partial charge in [-0.25, -0.2) is 0 Å². The second-order valence-corrected chi connectivity index (χ2v) is 5.17. The molecule has 1 saturated carbocycles. The third-order valence-electron chi connectivity index (χ3n) is 3.33. The lowest BCUT2D eigenvalue weighted by atomic mass is 9.97. The first-order valence-corrected chi connectivity index (χ1v) is 6.59. The molecule has 0 aromatic rings. The van der Waals surface area contributed by atoms with E-state index in [-0.39, 0.29) is 5.91 Å². The summed E-state index contributed by atoms with van der Waals surface area (Å²) in [6.45, 7) is 6.15. The van der Waals surface area contributed by atoms with Crippen LogP contribution in [0.3, 0.4) is 0 Å². The van der Waals surface area contributed by atoms with Gasteiger partial charge in [0.25, 0.3) is 0 Å². The lowest BCUT2D eigenvalue weighted by Gasteiger charge is -2.20. The van der Waals surface area contributed by atoms with Crippen LogP contribution in [-0.2, 0) is 4.79 Å². The largest absolute Gasteiger partial charge is 0.350 e. The van der Waals surface area contributed by atoms with Crippen LogP contribution in [0.5, 0.6) is 0 Å². The average Bonchev–Trinajstić information content (AvgIpc) is 2.61. The van der Waals surface area contributed by atoms with Crippen molar-refractivity contribution in [1.29, 1.82) is 0 Å². The van der Waals surface area contributed by atoms with Crippen molar-refractivity contribution in [2.24, 2.45) is 5.92 Å². The smallest absolute Gasteiger partial charge is 0.244 e. The Bertz CT molecular complexity index is 253. The van der Waals surface area contributed by atoms with E-state index < -0.39 is 0 Å². The Balaban J connectivity index is 2.40. The van der Waals surface area contributed by atoms with Crippen molar-refractivity contribution in [2.45, 2.75) is 65.3 Å². The van der Waals surface area contributed by atoms with Gasteiger partial charge in [0.1, 0.15) is 0 Å². The topological polar surface area (TPSA) is 29.1 Å². The molecule has 2 heteroatoms. The summed E-state index contributed by atoms with van der Waals surface area (Å²) in [5.41, 5.74) is 1.07. The lowest BCUT2D eigenvalue weighted by molar-refractivity contribution is -0.117. The Labute approximate surface area is 99.5 Å². The molecular formula is C14H25NO. The van der Waals surface area contributed by atoms with Crippen molar-refractivity contribution in [3.8, 4) is 0 Å². The predicted octanol–water partition coefficient (Wildman–Crippen LogP) is 3.43. The molecule has 1 amide bonds. The zero-order valence-electron chi connectivity index (χ0n) is 10.9. The summed E-state index contributed by atoms with van der Waals surface area (Å²) in [6, 6.07) is 0.426. The number of unbranched alkanes of at least 4 members (excludes halogenated alkanes) is 1. The first-order chi connectivity index (χ1) is 7.63. The van der Waals surface area contributed by atoms with Gasteiger partial charge in [0, 0.05) is 12.1 Å². The molecule has 0 bridgehead atoms. The van der Waals surface area contributed by atoms with Gasteiger partial charge >= 0.3 is 0 Å². The normalized spacial score (nSPS) is 24.2. The van der Waals surface area contributed by atoms with E-state index in [1.54, 1.807) is 6.08 Å². The first-order valence-electron chi connectivity index (χ1n) is 6.59. The molecule has 0 aromatic heterocycles. The maximum Gasteiger partial charge on any atom is 0.244 e. The fourth-order valence-electron chi connectivity index (χ4n) is 2.53. The van der Waals surface area contributed by atoms with Crippen LogP contribution in [0.1, 0.15) is 59.3 Å². The molecule has 92 valence electrons. The van der Waals surface area contributed by atoms with E-state index in [9.17, 15) is 4.79 Å². The fraction of sp³-hybridized carbons (Fsp3) is 0.786. The monoisotopic (exact) mass is 223 g/mol. The molecule has 1 aliphatic carbocycles. The van der Waals surface area contributed by atoms with Crippen LogP contribution in [0.15, 0.2) is 11.6 Å². The van der Waals surface area contributed by atoms with Gasteiger partial charge in [-0.05, 0) is 39.0 Å². The molecule has 2 nitrogen and oxygen atoms in total. The summed E-state index contributed by atoms with van der Waals surface area (Å²) in [5.74, 6) is 0.808. The van der Waals surface area contributed by atoms with Crippen molar-refractivity contribution in [1.82, 2.24) is 5.32 Å². The minimum atomic E-state index is 0.0911. The van der Waals surface area contributed by atoms with Crippen molar-refractivity contribution in [3.05, 3.63) is 11.6 Å². The Morgan fingerprint density at radius 1 is 1.38 bits per heavy atom. The number of amides is 1. The Morgan fingerprint density at radius 2 is 2.12 bits per heavy atom. The lowest BCUT2D eigenvalue weighted by Crippen LogP contribution is -2.36. The van der Waals surface area contributed by atoms with Crippen molar-refractivity contribution in [2.75, 3.05) is 0 Å². The molecule has 0 heterocycles. The Hall–Kier alpha value is -0.790. The molecule has 0 radical (unpaired) electrons. The number of hydrogen-bond donors (Lipinski definition) is 1. The van der Waals surface area contributed by atoms with Crippen molar-refractivity contribution >= 4 is 5.91 Å². The summed E-state index contributed by atoms with van der Waals surface area (Å²) >= 11 is 0. The highest BCUT2D eigenvalue weighted by atomic mass is 16.1. The molecule has 1 fully saturated rings. The summed E-state index contributed by atoms with van der Waals surface area (Å²) in [4.78, 5) is 11.6. The fourth-order valence-corrected chi connectivity index (χ4v) is 2.53. The van der Waals surface area contributed by atoms with E-state index in [4.69, 9.17) is 0 Å². The number of nitrogens with one attached hydrogen (secondary N) is 1. The predicted molar refractivity (Wildman–Crippen MR) is 68.2 cm³/mol. The summed E-state index contributed by atoms with van der Waals surface area (Å²) < 4.78 is 0. The molecule has 0 aliphatic heterocycles. The number of carbonyl (C=O) groups excluding carboxylic acids is 1. The molecule has 1 rings (SSSR count). The third-order valence-corrected chi connectivity index (χ3v) is 3.33. The van der Waals surface area contributed by atoms with Crippen molar-refractivity contribution < 1.29 is 4.79 Å². The van der Waals surface area contributed by atoms with Gasteiger partial charge in [-0.2, -0.15) is 0 Å². The zero-order chi connectivity index (χ0) is 12.0. The number of hydrogen-bond acceptors (Lipinski definition) is 1. The van der Waals surface area contributed by atoms with Gasteiger partial charge in [0.05, 0.1) is 0 Å². The molecule has 16 heavy (non-hydrogen) atoms. The van der Waals surface area contributed by atoms with E-state index >= 15 is 0 Å². The molecule has 0 spiro atoms. The van der Waals surface area contributed by atoms with Crippen LogP contribution < -0.4 is 5.32 Å². The third kappa shape index (κ3) is 4.38. The van der Waals surface area contributed by atoms with Gasteiger partial charge in [0.2, 0.25) is 5.91 Å². The minimum Gasteiger partial charge on any atom is -0.350 e. The Kier molecular flexibility index (Phi) is 5.58. The molecule has 2 atom stereocenters. The molecule has 0 unspecified atom stereocenters. The van der Waals surface area contributed by atoms with Crippen LogP contribution >= 0.6 is 0 Å². The van der Waals surface area contributed by atoms with Gasteiger partial charge < -0.3 is 5.32 Å². The van der Waals surface area contributed by atoms with Crippen LogP contribution in [0, 0.1) is 5.92 Å². The van der Waals surface area contributed by atoms with E-state index in [0.717, 1.165) is 17.9 Å². The second-order valence-electron chi connectivity index (χ2n) is 5.17. The Morgan fingerprint density at radius 3 is 2.75 bits per heavy atom. The van der Waals surface area contributed by atoms with Crippen LogP contribution in [-0.4, -0.2) is 11.9 Å². The summed E-state index contributed by atoms with van der Waals surface area (Å²) in [6.07, 6.45) is 9.25. The van der Waals surface area contributed by atoms with Gasteiger partial charge in [0.15, 0.2) is 0 Å². The van der Waals surface area contributed by atoms with E-state index in [1.807, 2.05) is 13.8 Å². The highest BCUT2D eigenvalue weighted by Gasteiger charge is 2.27. The van der Waals surface area contributed by atoms with Gasteiger partial charge in [-0.15, -0.1) is 0 Å². The second kappa shape index (κ2) is 6.72. The average molecular weight is 223 g/mol. The zero-order valence-corrected chi connectivity index (χ0v) is 10.9. The molecule has 0 saturated heterocycles. The van der Waals surface area contributed by atoms with Gasteiger partial charge in [-0.3, -0.25) is 4.79 Å². The number of allylic oxidation sites excluding steroid dienone is 1.